The summed E-state index contributed by atoms with van der Waals surface area (Å²) in [5.74, 6) is 1.83. The van der Waals surface area contributed by atoms with E-state index in [4.69, 9.17) is 38.6 Å². The van der Waals surface area contributed by atoms with Crippen molar-refractivity contribution in [2.75, 3.05) is 0 Å². The average molecular weight is 1100 g/mol. The number of carbonyl (C=O) groups is 3. The van der Waals surface area contributed by atoms with Gasteiger partial charge in [0.2, 0.25) is 0 Å². The first-order chi connectivity index (χ1) is 30.4. The van der Waals surface area contributed by atoms with Crippen LogP contribution >= 0.6 is 31.9 Å². The van der Waals surface area contributed by atoms with Gasteiger partial charge in [-0.15, -0.1) is 0 Å². The predicted octanol–water partition coefficient (Wildman–Crippen LogP) is 10.1. The quantitative estimate of drug-likeness (QED) is 0.0407. The molecule has 338 valence electrons. The topological polar surface area (TPSA) is 192 Å². The van der Waals surface area contributed by atoms with Gasteiger partial charge in [-0.2, -0.15) is 0 Å². The van der Waals surface area contributed by atoms with Crippen molar-refractivity contribution in [3.8, 4) is 11.3 Å². The van der Waals surface area contributed by atoms with Crippen molar-refractivity contribution in [1.82, 2.24) is 0 Å². The van der Waals surface area contributed by atoms with Crippen LogP contribution in [0.2, 0.25) is 13.3 Å². The average Bonchev–Trinajstić information content (AvgIpc) is 4.12. The van der Waals surface area contributed by atoms with Gasteiger partial charge in [-0.1, -0.05) is 76.6 Å². The fourth-order valence-corrected chi connectivity index (χ4v) is 22.0. The van der Waals surface area contributed by atoms with Crippen molar-refractivity contribution in [1.29, 1.82) is 0 Å². The zero-order chi connectivity index (χ0) is 46.5. The van der Waals surface area contributed by atoms with E-state index in [1.165, 1.54) is 55.6 Å². The molecule has 3 heterocycles. The fourth-order valence-electron chi connectivity index (χ4n) is 6.11. The Morgan fingerprint density at radius 2 is 0.937 bits per heavy atom. The van der Waals surface area contributed by atoms with Crippen LogP contribution in [0.15, 0.2) is 132 Å². The van der Waals surface area contributed by atoms with E-state index in [1.807, 2.05) is 54.6 Å². The van der Waals surface area contributed by atoms with Crippen LogP contribution in [-0.2, 0) is 19.8 Å². The molecule has 5 N–H and O–H groups in total. The SMILES string of the molecule is CCC[CH2][Sn]([CH2]CCC)([CH2]CCC)[c]1ccc(C=O)o1.O=Cc1ccc(-c2ccc(CO)cc2)o1.O=Cc1ccc(Br)o1.OCc1ccc(B(O)O)cc1.OCc1ccc(Br)cc1. The molecule has 0 spiro atoms. The Hall–Kier alpha value is -3.87. The second-order valence-electron chi connectivity index (χ2n) is 14.4. The maximum Gasteiger partial charge on any atom is 0.488 e. The van der Waals surface area contributed by atoms with E-state index in [0.29, 0.717) is 45.7 Å². The Balaban J connectivity index is 0.000000282. The molecule has 0 bridgehead atoms. The molecule has 63 heavy (non-hydrogen) atoms. The molecule has 15 heteroatoms. The van der Waals surface area contributed by atoms with Crippen LogP contribution < -0.4 is 9.24 Å². The van der Waals surface area contributed by atoms with Crippen LogP contribution in [0.1, 0.15) is 108 Å². The van der Waals surface area contributed by atoms with Gasteiger partial charge in [0.15, 0.2) is 28.8 Å². The van der Waals surface area contributed by atoms with Crippen LogP contribution in [0, 0.1) is 0 Å². The summed E-state index contributed by atoms with van der Waals surface area (Å²) in [5.41, 5.74) is 3.87. The number of aliphatic hydroxyl groups excluding tert-OH is 3. The molecular formula is C48H59BBr2O11Sn. The first-order valence-corrected chi connectivity index (χ1v) is 29.9. The van der Waals surface area contributed by atoms with Gasteiger partial charge in [0.1, 0.15) is 5.76 Å². The third kappa shape index (κ3) is 20.7. The molecule has 0 aliphatic rings. The van der Waals surface area contributed by atoms with E-state index in [0.717, 1.165) is 33.0 Å². The van der Waals surface area contributed by atoms with Gasteiger partial charge in [0.05, 0.1) is 19.8 Å². The number of rotatable bonds is 18. The summed E-state index contributed by atoms with van der Waals surface area (Å²) in [6.07, 6.45) is 9.92. The third-order valence-electron chi connectivity index (χ3n) is 9.72. The van der Waals surface area contributed by atoms with Crippen LogP contribution in [0.25, 0.3) is 11.3 Å². The fraction of sp³-hybridized carbons (Fsp3) is 0.312. The van der Waals surface area contributed by atoms with Crippen LogP contribution in [0.3, 0.4) is 0 Å². The number of halogens is 2. The van der Waals surface area contributed by atoms with E-state index in [2.05, 4.69) is 58.7 Å². The molecule has 6 rings (SSSR count). The summed E-state index contributed by atoms with van der Waals surface area (Å²) in [7, 11) is -1.43. The monoisotopic (exact) mass is 1100 g/mol. The number of aldehydes is 3. The van der Waals surface area contributed by atoms with Crippen LogP contribution in [0.5, 0.6) is 0 Å². The van der Waals surface area contributed by atoms with Crippen molar-refractivity contribution in [2.24, 2.45) is 0 Å². The number of hydrogen-bond donors (Lipinski definition) is 5. The van der Waals surface area contributed by atoms with Crippen LogP contribution in [-0.4, -0.2) is 69.7 Å². The summed E-state index contributed by atoms with van der Waals surface area (Å²) >= 11 is 3.92. The number of unbranched alkanes of at least 4 members (excludes halogenated alkanes) is 3. The molecule has 0 radical (unpaired) electrons. The summed E-state index contributed by atoms with van der Waals surface area (Å²) < 4.78 is 23.0. The van der Waals surface area contributed by atoms with Crippen molar-refractivity contribution in [3.05, 3.63) is 152 Å². The standard InChI is InChI=1S/C12H10O3.C7H9BO3.C7H7BrO.C5H3BrO2.C5H3O2.3C4H9.Sn/c13-7-9-1-3-10(4-2-9)12-6-5-11(8-14)15-12;9-5-6-1-3-7(4-2-6)8(10)11;8-7-3-1-6(5-9)2-4-7;6-5-2-1-4(3-7)8-5;6-4-5-2-1-3-7-5;3*1-3-4-2;/h1-6,8,13H,7H2;1-4,9-11H,5H2;1-4,9H,5H2;1-3H;1-2,4H;3*1,3-4H2,2H3;. The molecule has 3 aromatic carbocycles. The van der Waals surface area contributed by atoms with E-state index in [9.17, 15) is 14.4 Å². The number of aliphatic hydroxyl groups is 3. The minimum absolute atomic E-state index is 0.0258. The maximum atomic E-state index is 10.9. The van der Waals surface area contributed by atoms with E-state index < -0.39 is 25.5 Å². The number of carbonyl (C=O) groups excluding carboxylic acids is 3. The summed E-state index contributed by atoms with van der Waals surface area (Å²) in [4.78, 5) is 31.2. The summed E-state index contributed by atoms with van der Waals surface area (Å²) in [6.45, 7) is 6.94. The largest absolute Gasteiger partial charge is 0.488 e. The van der Waals surface area contributed by atoms with Gasteiger partial charge in [-0.25, -0.2) is 0 Å². The van der Waals surface area contributed by atoms with E-state index in [1.54, 1.807) is 48.5 Å². The van der Waals surface area contributed by atoms with E-state index in [-0.39, 0.29) is 19.8 Å². The Labute approximate surface area is 391 Å². The van der Waals surface area contributed by atoms with Gasteiger partial charge < -0.3 is 34.2 Å². The minimum Gasteiger partial charge on any atom is -0.453 e. The summed E-state index contributed by atoms with van der Waals surface area (Å²) in [6, 6.07) is 32.0. The molecule has 0 atom stereocenters. The Morgan fingerprint density at radius 1 is 0.524 bits per heavy atom. The molecule has 0 unspecified atom stereocenters. The van der Waals surface area contributed by atoms with Gasteiger partial charge in [-0.05, 0) is 74.5 Å². The molecule has 11 nitrogen and oxygen atoms in total. The van der Waals surface area contributed by atoms with Gasteiger partial charge >= 0.3 is 135 Å². The molecule has 6 aromatic rings. The molecule has 0 amide bonds. The van der Waals surface area contributed by atoms with Crippen molar-refractivity contribution >= 4 is 85.5 Å². The molecule has 3 aromatic heterocycles. The van der Waals surface area contributed by atoms with Crippen LogP contribution in [0.4, 0.5) is 0 Å². The first-order valence-electron chi connectivity index (χ1n) is 20.9. The maximum absolute atomic E-state index is 10.9. The predicted molar refractivity (Wildman–Crippen MR) is 258 cm³/mol. The Morgan fingerprint density at radius 3 is 1.30 bits per heavy atom. The second kappa shape index (κ2) is 31.9. The zero-order valence-corrected chi connectivity index (χ0v) is 42.2. The van der Waals surface area contributed by atoms with Crippen molar-refractivity contribution in [2.45, 2.75) is 92.4 Å². The first kappa shape index (κ1) is 55.3. The molecule has 0 saturated carbocycles. The second-order valence-corrected chi connectivity index (χ2v) is 29.1. The molecular weight excluding hydrogens is 1040 g/mol. The normalized spacial score (nSPS) is 10.4. The van der Waals surface area contributed by atoms with Crippen molar-refractivity contribution in [3.63, 3.8) is 0 Å². The Kier molecular flexibility index (Phi) is 28.0. The van der Waals surface area contributed by atoms with E-state index >= 15 is 0 Å². The molecule has 0 saturated heterocycles. The molecule has 0 aliphatic heterocycles. The Bertz CT molecular complexity index is 2110. The van der Waals surface area contributed by atoms with Crippen molar-refractivity contribution < 1.29 is 53.0 Å². The van der Waals surface area contributed by atoms with Gasteiger partial charge in [-0.3, -0.25) is 9.59 Å². The molecule has 0 fully saturated rings. The van der Waals surface area contributed by atoms with Gasteiger partial charge in [0.25, 0.3) is 0 Å². The number of hydrogen-bond acceptors (Lipinski definition) is 11. The van der Waals surface area contributed by atoms with Gasteiger partial charge in [0, 0.05) is 10.0 Å². The summed E-state index contributed by atoms with van der Waals surface area (Å²) in [5, 5.41) is 43.5. The number of furan rings is 3. The smallest absolute Gasteiger partial charge is 0.453 e. The zero-order valence-electron chi connectivity index (χ0n) is 36.1. The number of benzene rings is 3. The molecule has 0 aliphatic carbocycles. The minimum atomic E-state index is -2.42. The third-order valence-corrected chi connectivity index (χ3v) is 25.7.